The molecule has 0 aromatic heterocycles. The van der Waals surface area contributed by atoms with Crippen molar-refractivity contribution in [3.8, 4) is 0 Å². The molecule has 1 aliphatic carbocycles. The SMILES string of the molecule is O[C@H](c1ccc(F)cc1F)C1CCCCCC1. The molecule has 1 nitrogen and oxygen atoms in total. The standard InChI is InChI=1S/C14H18F2O/c15-11-7-8-12(13(16)9-11)14(17)10-5-3-1-2-4-6-10/h7-10,14,17H,1-6H2/t14-/m0/s1. The second kappa shape index (κ2) is 5.58. The minimum Gasteiger partial charge on any atom is -0.388 e. The minimum absolute atomic E-state index is 0.109. The smallest absolute Gasteiger partial charge is 0.131 e. The lowest BCUT2D eigenvalue weighted by atomic mass is 9.89. The predicted octanol–water partition coefficient (Wildman–Crippen LogP) is 3.97. The van der Waals surface area contributed by atoms with Crippen molar-refractivity contribution < 1.29 is 13.9 Å². The van der Waals surface area contributed by atoms with E-state index in [1.165, 1.54) is 25.0 Å². The van der Waals surface area contributed by atoms with Crippen LogP contribution in [0.15, 0.2) is 18.2 Å². The number of hydrogen-bond donors (Lipinski definition) is 1. The Hall–Kier alpha value is -0.960. The first-order valence-corrected chi connectivity index (χ1v) is 6.31. The summed E-state index contributed by atoms with van der Waals surface area (Å²) in [5, 5.41) is 10.2. The monoisotopic (exact) mass is 240 g/mol. The summed E-state index contributed by atoms with van der Waals surface area (Å²) in [6, 6.07) is 3.41. The molecule has 0 saturated heterocycles. The summed E-state index contributed by atoms with van der Waals surface area (Å²) in [5.74, 6) is -1.13. The van der Waals surface area contributed by atoms with E-state index in [1.807, 2.05) is 0 Å². The maximum Gasteiger partial charge on any atom is 0.131 e. The molecule has 0 radical (unpaired) electrons. The van der Waals surface area contributed by atoms with Crippen LogP contribution in [0.3, 0.4) is 0 Å². The van der Waals surface area contributed by atoms with Crippen molar-refractivity contribution in [3.63, 3.8) is 0 Å². The van der Waals surface area contributed by atoms with Crippen LogP contribution >= 0.6 is 0 Å². The van der Waals surface area contributed by atoms with Gasteiger partial charge in [-0.2, -0.15) is 0 Å². The van der Waals surface area contributed by atoms with E-state index in [0.29, 0.717) is 0 Å². The first-order valence-electron chi connectivity index (χ1n) is 6.31. The second-order valence-electron chi connectivity index (χ2n) is 4.86. The van der Waals surface area contributed by atoms with Crippen LogP contribution in [0.1, 0.15) is 50.2 Å². The van der Waals surface area contributed by atoms with Crippen molar-refractivity contribution in [2.75, 3.05) is 0 Å². The number of hydrogen-bond acceptors (Lipinski definition) is 1. The number of aliphatic hydroxyl groups excluding tert-OH is 1. The fourth-order valence-electron chi connectivity index (χ4n) is 2.62. The van der Waals surface area contributed by atoms with Crippen molar-refractivity contribution in [1.29, 1.82) is 0 Å². The van der Waals surface area contributed by atoms with Gasteiger partial charge in [0.1, 0.15) is 11.6 Å². The van der Waals surface area contributed by atoms with Gasteiger partial charge >= 0.3 is 0 Å². The minimum atomic E-state index is -0.798. The van der Waals surface area contributed by atoms with Gasteiger partial charge in [0.2, 0.25) is 0 Å². The second-order valence-corrected chi connectivity index (χ2v) is 4.86. The van der Waals surface area contributed by atoms with Gasteiger partial charge in [-0.25, -0.2) is 8.78 Å². The molecule has 0 spiro atoms. The Morgan fingerprint density at radius 3 is 2.29 bits per heavy atom. The molecule has 1 atom stereocenters. The zero-order valence-corrected chi connectivity index (χ0v) is 9.83. The van der Waals surface area contributed by atoms with Crippen molar-refractivity contribution in [3.05, 3.63) is 35.4 Å². The molecule has 0 heterocycles. The molecule has 94 valence electrons. The summed E-state index contributed by atoms with van der Waals surface area (Å²) < 4.78 is 26.4. The van der Waals surface area contributed by atoms with E-state index < -0.39 is 17.7 Å². The fourth-order valence-corrected chi connectivity index (χ4v) is 2.62. The lowest BCUT2D eigenvalue weighted by molar-refractivity contribution is 0.0951. The summed E-state index contributed by atoms with van der Waals surface area (Å²) in [6.45, 7) is 0. The Morgan fingerprint density at radius 1 is 1.06 bits per heavy atom. The molecule has 0 aliphatic heterocycles. The lowest BCUT2D eigenvalue weighted by Gasteiger charge is -2.22. The highest BCUT2D eigenvalue weighted by Gasteiger charge is 2.24. The van der Waals surface area contributed by atoms with E-state index in [1.54, 1.807) is 0 Å². The van der Waals surface area contributed by atoms with Crippen LogP contribution in [0.25, 0.3) is 0 Å². The summed E-state index contributed by atoms with van der Waals surface area (Å²) in [7, 11) is 0. The zero-order valence-electron chi connectivity index (χ0n) is 9.83. The Bertz CT molecular complexity index is 370. The molecule has 1 aromatic carbocycles. The van der Waals surface area contributed by atoms with E-state index in [2.05, 4.69) is 0 Å². The highest BCUT2D eigenvalue weighted by molar-refractivity contribution is 5.21. The molecule has 3 heteroatoms. The average molecular weight is 240 g/mol. The van der Waals surface area contributed by atoms with Crippen LogP contribution in [-0.4, -0.2) is 5.11 Å². The molecule has 1 N–H and O–H groups in total. The van der Waals surface area contributed by atoms with Crippen LogP contribution in [0, 0.1) is 17.6 Å². The molecule has 17 heavy (non-hydrogen) atoms. The number of rotatable bonds is 2. The summed E-state index contributed by atoms with van der Waals surface area (Å²) >= 11 is 0. The molecular formula is C14H18F2O. The average Bonchev–Trinajstić information content (AvgIpc) is 2.56. The largest absolute Gasteiger partial charge is 0.388 e. The summed E-state index contributed by atoms with van der Waals surface area (Å²) in [6.07, 6.45) is 5.61. The molecule has 1 fully saturated rings. The van der Waals surface area contributed by atoms with Crippen LogP contribution < -0.4 is 0 Å². The molecule has 1 aliphatic rings. The van der Waals surface area contributed by atoms with Gasteiger partial charge in [-0.3, -0.25) is 0 Å². The predicted molar refractivity (Wildman–Crippen MR) is 62.5 cm³/mol. The zero-order chi connectivity index (χ0) is 12.3. The number of aliphatic hydroxyl groups is 1. The summed E-state index contributed by atoms with van der Waals surface area (Å²) in [4.78, 5) is 0. The van der Waals surface area contributed by atoms with Gasteiger partial charge in [-0.05, 0) is 24.8 Å². The van der Waals surface area contributed by atoms with Gasteiger partial charge in [0.15, 0.2) is 0 Å². The van der Waals surface area contributed by atoms with Gasteiger partial charge in [-0.15, -0.1) is 0 Å². The van der Waals surface area contributed by atoms with E-state index >= 15 is 0 Å². The van der Waals surface area contributed by atoms with E-state index in [0.717, 1.165) is 31.7 Å². The third-order valence-electron chi connectivity index (χ3n) is 3.63. The van der Waals surface area contributed by atoms with E-state index in [4.69, 9.17) is 0 Å². The third-order valence-corrected chi connectivity index (χ3v) is 3.63. The van der Waals surface area contributed by atoms with Gasteiger partial charge in [-0.1, -0.05) is 31.7 Å². The highest BCUT2D eigenvalue weighted by atomic mass is 19.1. The Kier molecular flexibility index (Phi) is 4.11. The molecule has 2 rings (SSSR count). The summed E-state index contributed by atoms with van der Waals surface area (Å²) in [5.41, 5.74) is 0.235. The molecular weight excluding hydrogens is 222 g/mol. The molecule has 1 saturated carbocycles. The maximum absolute atomic E-state index is 13.6. The van der Waals surface area contributed by atoms with E-state index in [-0.39, 0.29) is 11.5 Å². The molecule has 0 bridgehead atoms. The van der Waals surface area contributed by atoms with Crippen LogP contribution in [0.4, 0.5) is 8.78 Å². The molecule has 1 aromatic rings. The van der Waals surface area contributed by atoms with Gasteiger partial charge in [0.25, 0.3) is 0 Å². The van der Waals surface area contributed by atoms with Crippen molar-refractivity contribution in [2.24, 2.45) is 5.92 Å². The highest BCUT2D eigenvalue weighted by Crippen LogP contribution is 2.34. The number of benzene rings is 1. The fraction of sp³-hybridized carbons (Fsp3) is 0.571. The Labute approximate surface area is 100 Å². The lowest BCUT2D eigenvalue weighted by Crippen LogP contribution is -2.13. The van der Waals surface area contributed by atoms with E-state index in [9.17, 15) is 13.9 Å². The molecule has 0 unspecified atom stereocenters. The van der Waals surface area contributed by atoms with Gasteiger partial charge in [0.05, 0.1) is 6.10 Å². The van der Waals surface area contributed by atoms with Crippen molar-refractivity contribution in [1.82, 2.24) is 0 Å². The van der Waals surface area contributed by atoms with Gasteiger partial charge < -0.3 is 5.11 Å². The first-order chi connectivity index (χ1) is 8.18. The van der Waals surface area contributed by atoms with Crippen LogP contribution in [-0.2, 0) is 0 Å². The third kappa shape index (κ3) is 3.03. The maximum atomic E-state index is 13.6. The Balaban J connectivity index is 2.14. The van der Waals surface area contributed by atoms with Crippen molar-refractivity contribution >= 4 is 0 Å². The van der Waals surface area contributed by atoms with Gasteiger partial charge in [0, 0.05) is 11.6 Å². The quantitative estimate of drug-likeness (QED) is 0.775. The first kappa shape index (κ1) is 12.5. The van der Waals surface area contributed by atoms with Crippen molar-refractivity contribution in [2.45, 2.75) is 44.6 Å². The Morgan fingerprint density at radius 2 is 1.71 bits per heavy atom. The number of halogens is 2. The topological polar surface area (TPSA) is 20.2 Å². The van der Waals surface area contributed by atoms with Crippen LogP contribution in [0.2, 0.25) is 0 Å². The normalized spacial score (nSPS) is 19.9. The molecule has 0 amide bonds. The van der Waals surface area contributed by atoms with Crippen LogP contribution in [0.5, 0.6) is 0 Å².